The number of anilines is 2. The van der Waals surface area contributed by atoms with Crippen molar-refractivity contribution in [1.29, 1.82) is 0 Å². The number of aromatic amines is 1. The standard InChI is InChI=1S/C25H35FN8O2/c1-2-3-4-8-28-25(35)36-22-13-17(12-18(22)26)19-14-23(33-32-19)31-24-21-7-11-29-34(21)15-20(30-24)16-5-9-27-10-6-16/h7,11,14-18,22,27H,2-6,8-10,12-13H2,1H3,(H,28,35)(H2,30,31,32,33)/t17-,18+,22-/m0/s1. The average molecular weight is 499 g/mol. The number of nitrogens with one attached hydrogen (secondary N) is 4. The molecule has 11 heteroatoms. The van der Waals surface area contributed by atoms with Crippen molar-refractivity contribution in [1.82, 2.24) is 35.4 Å². The van der Waals surface area contributed by atoms with E-state index in [1.54, 1.807) is 6.20 Å². The molecule has 3 aromatic heterocycles. The fourth-order valence-corrected chi connectivity index (χ4v) is 5.15. The predicted molar refractivity (Wildman–Crippen MR) is 134 cm³/mol. The summed E-state index contributed by atoms with van der Waals surface area (Å²) in [5, 5.41) is 21.3. The van der Waals surface area contributed by atoms with E-state index in [-0.39, 0.29) is 12.3 Å². The van der Waals surface area contributed by atoms with Crippen LogP contribution in [0.5, 0.6) is 0 Å². The maximum absolute atomic E-state index is 14.7. The van der Waals surface area contributed by atoms with Crippen LogP contribution in [0.3, 0.4) is 0 Å². The van der Waals surface area contributed by atoms with Gasteiger partial charge < -0.3 is 20.7 Å². The van der Waals surface area contributed by atoms with Crippen LogP contribution in [0.1, 0.15) is 75.1 Å². The second-order valence-electron chi connectivity index (χ2n) is 9.80. The minimum absolute atomic E-state index is 0.107. The summed E-state index contributed by atoms with van der Waals surface area (Å²) in [7, 11) is 0. The lowest BCUT2D eigenvalue weighted by Gasteiger charge is -2.22. The summed E-state index contributed by atoms with van der Waals surface area (Å²) >= 11 is 0. The maximum Gasteiger partial charge on any atom is 0.407 e. The summed E-state index contributed by atoms with van der Waals surface area (Å²) in [5.74, 6) is 1.58. The number of halogens is 1. The summed E-state index contributed by atoms with van der Waals surface area (Å²) in [5.41, 5.74) is 2.68. The highest BCUT2D eigenvalue weighted by molar-refractivity contribution is 5.72. The molecule has 1 saturated heterocycles. The van der Waals surface area contributed by atoms with Crippen LogP contribution in [0.2, 0.25) is 0 Å². The Balaban J connectivity index is 1.23. The van der Waals surface area contributed by atoms with E-state index in [0.29, 0.717) is 30.5 Å². The Bertz CT molecular complexity index is 1160. The normalized spacial score (nSPS) is 22.7. The third-order valence-electron chi connectivity index (χ3n) is 7.19. The van der Waals surface area contributed by atoms with Gasteiger partial charge in [-0.2, -0.15) is 10.2 Å². The number of alkyl carbamates (subject to hydrolysis) is 1. The molecule has 3 atom stereocenters. The number of unbranched alkanes of at least 4 members (excludes halogenated alkanes) is 2. The number of hydrogen-bond acceptors (Lipinski definition) is 7. The SMILES string of the molecule is CCCCCNC(=O)O[C@H]1C[C@@H](c2cc(Nc3nc(C4CCNCC4)cn4nccc34)n[nH]2)C[C@H]1F. The van der Waals surface area contributed by atoms with Crippen LogP contribution in [-0.4, -0.2) is 62.8 Å². The minimum Gasteiger partial charge on any atom is -0.443 e. The van der Waals surface area contributed by atoms with Crippen molar-refractivity contribution in [2.24, 2.45) is 0 Å². The average Bonchev–Trinajstić information content (AvgIpc) is 3.63. The lowest BCUT2D eigenvalue weighted by molar-refractivity contribution is 0.0607. The van der Waals surface area contributed by atoms with Crippen molar-refractivity contribution in [3.63, 3.8) is 0 Å². The van der Waals surface area contributed by atoms with Crippen molar-refractivity contribution in [2.45, 2.75) is 76.0 Å². The Morgan fingerprint density at radius 1 is 1.25 bits per heavy atom. The molecular formula is C25H35FN8O2. The lowest BCUT2D eigenvalue weighted by Crippen LogP contribution is -2.31. The Kier molecular flexibility index (Phi) is 7.64. The van der Waals surface area contributed by atoms with Crippen molar-refractivity contribution >= 4 is 23.2 Å². The Hall–Kier alpha value is -3.21. The molecule has 3 aromatic rings. The van der Waals surface area contributed by atoms with Gasteiger partial charge in [-0.15, -0.1) is 0 Å². The number of amides is 1. The molecule has 36 heavy (non-hydrogen) atoms. The van der Waals surface area contributed by atoms with Crippen LogP contribution < -0.4 is 16.0 Å². The number of nitrogens with zero attached hydrogens (tertiary/aromatic N) is 4. The monoisotopic (exact) mass is 498 g/mol. The Morgan fingerprint density at radius 2 is 2.11 bits per heavy atom. The number of hydrogen-bond donors (Lipinski definition) is 4. The number of alkyl halides is 1. The second kappa shape index (κ2) is 11.2. The number of carbonyl (C=O) groups is 1. The van der Waals surface area contributed by atoms with E-state index in [1.807, 2.05) is 22.8 Å². The first-order valence-corrected chi connectivity index (χ1v) is 13.1. The largest absolute Gasteiger partial charge is 0.443 e. The number of piperidine rings is 1. The molecule has 4 N–H and O–H groups in total. The zero-order chi connectivity index (χ0) is 24.9. The van der Waals surface area contributed by atoms with Crippen LogP contribution in [-0.2, 0) is 4.74 Å². The summed E-state index contributed by atoms with van der Waals surface area (Å²) in [6.45, 7) is 4.61. The van der Waals surface area contributed by atoms with Crippen LogP contribution in [0.15, 0.2) is 24.5 Å². The fourth-order valence-electron chi connectivity index (χ4n) is 5.15. The molecule has 2 aliphatic rings. The molecular weight excluding hydrogens is 463 g/mol. The Labute approximate surface area is 209 Å². The number of aromatic nitrogens is 5. The zero-order valence-electron chi connectivity index (χ0n) is 20.7. The number of rotatable bonds is 9. The van der Waals surface area contributed by atoms with Gasteiger partial charge >= 0.3 is 6.09 Å². The zero-order valence-corrected chi connectivity index (χ0v) is 20.7. The molecule has 0 unspecified atom stereocenters. The topological polar surface area (TPSA) is 121 Å². The molecule has 0 radical (unpaired) electrons. The predicted octanol–water partition coefficient (Wildman–Crippen LogP) is 4.16. The first kappa shape index (κ1) is 24.5. The first-order valence-electron chi connectivity index (χ1n) is 13.1. The third-order valence-corrected chi connectivity index (χ3v) is 7.19. The summed E-state index contributed by atoms with van der Waals surface area (Å²) in [6, 6.07) is 3.80. The van der Waals surface area contributed by atoms with E-state index in [4.69, 9.17) is 9.72 Å². The molecule has 0 aromatic carbocycles. The number of ether oxygens (including phenoxy) is 1. The van der Waals surface area contributed by atoms with Crippen LogP contribution in [0, 0.1) is 0 Å². The van der Waals surface area contributed by atoms with Crippen LogP contribution in [0.4, 0.5) is 20.8 Å². The van der Waals surface area contributed by atoms with E-state index in [2.05, 4.69) is 38.2 Å². The molecule has 2 fully saturated rings. The highest BCUT2D eigenvalue weighted by Gasteiger charge is 2.38. The van der Waals surface area contributed by atoms with Crippen LogP contribution >= 0.6 is 0 Å². The van der Waals surface area contributed by atoms with Gasteiger partial charge in [-0.25, -0.2) is 18.7 Å². The van der Waals surface area contributed by atoms with E-state index in [0.717, 1.165) is 62.1 Å². The molecule has 1 saturated carbocycles. The molecule has 0 bridgehead atoms. The van der Waals surface area contributed by atoms with Gasteiger partial charge in [-0.05, 0) is 51.3 Å². The van der Waals surface area contributed by atoms with Gasteiger partial charge in [-0.3, -0.25) is 5.10 Å². The summed E-state index contributed by atoms with van der Waals surface area (Å²) in [6.07, 6.45) is 7.04. The van der Waals surface area contributed by atoms with Gasteiger partial charge in [0, 0.05) is 30.1 Å². The molecule has 10 nitrogen and oxygen atoms in total. The molecule has 0 spiro atoms. The van der Waals surface area contributed by atoms with Crippen LogP contribution in [0.25, 0.3) is 5.52 Å². The van der Waals surface area contributed by atoms with Crippen molar-refractivity contribution < 1.29 is 13.9 Å². The van der Waals surface area contributed by atoms with Crippen molar-refractivity contribution in [2.75, 3.05) is 25.0 Å². The molecule has 4 heterocycles. The highest BCUT2D eigenvalue weighted by atomic mass is 19.1. The van der Waals surface area contributed by atoms with Gasteiger partial charge in [0.25, 0.3) is 0 Å². The van der Waals surface area contributed by atoms with Gasteiger partial charge in [0.05, 0.1) is 18.1 Å². The van der Waals surface area contributed by atoms with Gasteiger partial charge in [0.15, 0.2) is 11.6 Å². The van der Waals surface area contributed by atoms with E-state index in [1.165, 1.54) is 0 Å². The van der Waals surface area contributed by atoms with Gasteiger partial charge in [-0.1, -0.05) is 19.8 Å². The molecule has 194 valence electrons. The van der Waals surface area contributed by atoms with E-state index >= 15 is 0 Å². The number of carbonyl (C=O) groups excluding carboxylic acids is 1. The fraction of sp³-hybridized carbons (Fsp3) is 0.600. The molecule has 1 amide bonds. The summed E-state index contributed by atoms with van der Waals surface area (Å²) < 4.78 is 21.9. The Morgan fingerprint density at radius 3 is 2.94 bits per heavy atom. The minimum atomic E-state index is -1.20. The van der Waals surface area contributed by atoms with Gasteiger partial charge in [0.2, 0.25) is 0 Å². The number of H-pyrrole nitrogens is 1. The number of fused-ring (bicyclic) bond motifs is 1. The summed E-state index contributed by atoms with van der Waals surface area (Å²) in [4.78, 5) is 17.0. The van der Waals surface area contributed by atoms with E-state index < -0.39 is 18.4 Å². The van der Waals surface area contributed by atoms with Crippen molar-refractivity contribution in [3.05, 3.63) is 35.9 Å². The lowest BCUT2D eigenvalue weighted by atomic mass is 9.95. The first-order chi connectivity index (χ1) is 17.6. The smallest absolute Gasteiger partial charge is 0.407 e. The third kappa shape index (κ3) is 5.61. The molecule has 1 aliphatic heterocycles. The second-order valence-corrected chi connectivity index (χ2v) is 9.80. The highest BCUT2D eigenvalue weighted by Crippen LogP contribution is 2.38. The maximum atomic E-state index is 14.7. The van der Waals surface area contributed by atoms with Crippen molar-refractivity contribution in [3.8, 4) is 0 Å². The van der Waals surface area contributed by atoms with Gasteiger partial charge in [0.1, 0.15) is 17.8 Å². The molecule has 5 rings (SSSR count). The van der Waals surface area contributed by atoms with E-state index in [9.17, 15) is 9.18 Å². The molecule has 1 aliphatic carbocycles. The quantitative estimate of drug-likeness (QED) is 0.327.